The maximum Gasteiger partial charge on any atom is 0.261 e. The van der Waals surface area contributed by atoms with Crippen LogP contribution in [-0.4, -0.2) is 18.1 Å². The molecule has 1 N–H and O–H groups in total. The fourth-order valence-electron chi connectivity index (χ4n) is 1.39. The largest absolute Gasteiger partial charge is 0.478 e. The Morgan fingerprint density at radius 1 is 1.41 bits per heavy atom. The average molecular weight is 239 g/mol. The number of hydrogen-bond donors (Lipinski definition) is 1. The predicted molar refractivity (Wildman–Crippen MR) is 64.4 cm³/mol. The highest BCUT2D eigenvalue weighted by molar-refractivity contribution is 5.81. The van der Waals surface area contributed by atoms with Crippen LogP contribution in [0.4, 0.5) is 4.39 Å². The second kappa shape index (κ2) is 6.23. The predicted octanol–water partition coefficient (Wildman–Crippen LogP) is 2.51. The van der Waals surface area contributed by atoms with Crippen molar-refractivity contribution < 1.29 is 13.9 Å². The van der Waals surface area contributed by atoms with E-state index in [0.29, 0.717) is 6.42 Å². The van der Waals surface area contributed by atoms with Crippen LogP contribution in [0, 0.1) is 5.82 Å². The molecule has 0 heterocycles. The number of carbonyl (C=O) groups is 1. The zero-order chi connectivity index (χ0) is 12.8. The lowest BCUT2D eigenvalue weighted by atomic mass is 10.2. The number of halogens is 1. The van der Waals surface area contributed by atoms with Gasteiger partial charge in [0.1, 0.15) is 0 Å². The number of nitrogens with one attached hydrogen (secondary N) is 1. The Hall–Kier alpha value is -1.58. The minimum atomic E-state index is -0.658. The second-order valence-electron chi connectivity index (χ2n) is 4.11. The zero-order valence-electron chi connectivity index (χ0n) is 10.4. The summed E-state index contributed by atoms with van der Waals surface area (Å²) in [4.78, 5) is 11.7. The third kappa shape index (κ3) is 4.06. The molecule has 1 amide bonds. The maximum absolute atomic E-state index is 13.4. The van der Waals surface area contributed by atoms with Gasteiger partial charge in [0.05, 0.1) is 0 Å². The van der Waals surface area contributed by atoms with Crippen molar-refractivity contribution in [3.8, 4) is 5.75 Å². The average Bonchev–Trinajstić information content (AvgIpc) is 2.27. The molecule has 0 fully saturated rings. The minimum absolute atomic E-state index is 0.0424. The Morgan fingerprint density at radius 2 is 2.06 bits per heavy atom. The molecule has 0 spiro atoms. The monoisotopic (exact) mass is 239 g/mol. The van der Waals surface area contributed by atoms with Gasteiger partial charge in [0.15, 0.2) is 17.7 Å². The molecule has 0 saturated heterocycles. The highest BCUT2D eigenvalue weighted by atomic mass is 19.1. The topological polar surface area (TPSA) is 38.3 Å². The Morgan fingerprint density at radius 3 is 2.59 bits per heavy atom. The fraction of sp³-hybridized carbons (Fsp3) is 0.462. The minimum Gasteiger partial charge on any atom is -0.478 e. The molecule has 0 aliphatic heterocycles. The third-order valence-corrected chi connectivity index (χ3v) is 2.20. The van der Waals surface area contributed by atoms with Gasteiger partial charge >= 0.3 is 0 Å². The Labute approximate surface area is 101 Å². The lowest BCUT2D eigenvalue weighted by Crippen LogP contribution is -2.41. The van der Waals surface area contributed by atoms with Crippen molar-refractivity contribution in [2.75, 3.05) is 0 Å². The molecule has 4 heteroatoms. The number of ether oxygens (including phenoxy) is 1. The fourth-order valence-corrected chi connectivity index (χ4v) is 1.39. The third-order valence-electron chi connectivity index (χ3n) is 2.20. The van der Waals surface area contributed by atoms with Gasteiger partial charge in [-0.1, -0.05) is 19.1 Å². The maximum atomic E-state index is 13.4. The van der Waals surface area contributed by atoms with Crippen molar-refractivity contribution in [3.05, 3.63) is 30.1 Å². The van der Waals surface area contributed by atoms with E-state index in [4.69, 9.17) is 4.74 Å². The number of rotatable bonds is 5. The van der Waals surface area contributed by atoms with E-state index in [1.807, 2.05) is 20.8 Å². The first-order valence-electron chi connectivity index (χ1n) is 5.76. The molecule has 1 aromatic rings. The van der Waals surface area contributed by atoms with Crippen LogP contribution in [0.2, 0.25) is 0 Å². The Bertz CT molecular complexity index is 379. The summed E-state index contributed by atoms with van der Waals surface area (Å²) in [5.41, 5.74) is 0. The smallest absolute Gasteiger partial charge is 0.261 e. The standard InChI is InChI=1S/C13H18FNO2/c1-4-11(13(16)15-9(2)3)17-12-8-6-5-7-10(12)14/h5-9,11H,4H2,1-3H3,(H,15,16). The van der Waals surface area contributed by atoms with Crippen LogP contribution >= 0.6 is 0 Å². The molecule has 1 aromatic carbocycles. The first-order valence-corrected chi connectivity index (χ1v) is 5.76. The van der Waals surface area contributed by atoms with Gasteiger partial charge in [-0.25, -0.2) is 4.39 Å². The molecule has 0 aliphatic rings. The van der Waals surface area contributed by atoms with Gasteiger partial charge in [-0.3, -0.25) is 4.79 Å². The highest BCUT2D eigenvalue weighted by Crippen LogP contribution is 2.18. The zero-order valence-corrected chi connectivity index (χ0v) is 10.4. The lowest BCUT2D eigenvalue weighted by molar-refractivity contribution is -0.128. The Balaban J connectivity index is 2.70. The van der Waals surface area contributed by atoms with Crippen LogP contribution in [0.3, 0.4) is 0 Å². The van der Waals surface area contributed by atoms with Crippen molar-refractivity contribution in [2.24, 2.45) is 0 Å². The van der Waals surface area contributed by atoms with Gasteiger partial charge in [0.25, 0.3) is 5.91 Å². The Kier molecular flexibility index (Phi) is 4.94. The van der Waals surface area contributed by atoms with E-state index in [1.165, 1.54) is 12.1 Å². The van der Waals surface area contributed by atoms with Gasteiger partial charge in [-0.15, -0.1) is 0 Å². The molecule has 17 heavy (non-hydrogen) atoms. The van der Waals surface area contributed by atoms with E-state index in [2.05, 4.69) is 5.32 Å². The van der Waals surface area contributed by atoms with E-state index in [9.17, 15) is 9.18 Å². The number of amides is 1. The van der Waals surface area contributed by atoms with Gasteiger partial charge < -0.3 is 10.1 Å². The first-order chi connectivity index (χ1) is 8.04. The van der Waals surface area contributed by atoms with Crippen molar-refractivity contribution >= 4 is 5.91 Å². The SMILES string of the molecule is CCC(Oc1ccccc1F)C(=O)NC(C)C. The van der Waals surface area contributed by atoms with E-state index in [0.717, 1.165) is 0 Å². The number of carbonyl (C=O) groups excluding carboxylic acids is 1. The normalized spacial score (nSPS) is 12.3. The summed E-state index contributed by atoms with van der Waals surface area (Å²) in [5, 5.41) is 2.75. The number of benzene rings is 1. The molecular weight excluding hydrogens is 221 g/mol. The summed E-state index contributed by atoms with van der Waals surface area (Å²) in [5.74, 6) is -0.563. The molecule has 94 valence electrons. The highest BCUT2D eigenvalue weighted by Gasteiger charge is 2.19. The van der Waals surface area contributed by atoms with Crippen molar-refractivity contribution in [1.29, 1.82) is 0 Å². The molecule has 0 saturated carbocycles. The first kappa shape index (κ1) is 13.5. The molecule has 0 radical (unpaired) electrons. The summed E-state index contributed by atoms with van der Waals surface area (Å²) in [7, 11) is 0. The van der Waals surface area contributed by atoms with Crippen LogP contribution in [0.15, 0.2) is 24.3 Å². The lowest BCUT2D eigenvalue weighted by Gasteiger charge is -2.18. The van der Waals surface area contributed by atoms with Gasteiger partial charge in [-0.05, 0) is 32.4 Å². The van der Waals surface area contributed by atoms with Crippen LogP contribution in [-0.2, 0) is 4.79 Å². The summed E-state index contributed by atoms with van der Waals surface area (Å²) in [6.45, 7) is 5.56. The number of hydrogen-bond acceptors (Lipinski definition) is 2. The van der Waals surface area contributed by atoms with Crippen LogP contribution < -0.4 is 10.1 Å². The second-order valence-corrected chi connectivity index (χ2v) is 4.11. The van der Waals surface area contributed by atoms with E-state index in [1.54, 1.807) is 12.1 Å². The molecule has 0 aromatic heterocycles. The van der Waals surface area contributed by atoms with Gasteiger partial charge in [-0.2, -0.15) is 0 Å². The molecule has 1 atom stereocenters. The number of para-hydroxylation sites is 1. The molecule has 0 bridgehead atoms. The van der Waals surface area contributed by atoms with E-state index >= 15 is 0 Å². The quantitative estimate of drug-likeness (QED) is 0.857. The van der Waals surface area contributed by atoms with Crippen molar-refractivity contribution in [1.82, 2.24) is 5.32 Å². The summed E-state index contributed by atoms with van der Waals surface area (Å²) < 4.78 is 18.7. The summed E-state index contributed by atoms with van der Waals surface area (Å²) in [6, 6.07) is 6.12. The molecule has 1 rings (SSSR count). The van der Waals surface area contributed by atoms with Crippen molar-refractivity contribution in [2.45, 2.75) is 39.3 Å². The van der Waals surface area contributed by atoms with Crippen LogP contribution in [0.1, 0.15) is 27.2 Å². The van der Waals surface area contributed by atoms with Crippen molar-refractivity contribution in [3.63, 3.8) is 0 Å². The van der Waals surface area contributed by atoms with E-state index < -0.39 is 11.9 Å². The van der Waals surface area contributed by atoms with E-state index in [-0.39, 0.29) is 17.7 Å². The molecule has 1 unspecified atom stereocenters. The molecular formula is C13H18FNO2. The molecule has 0 aliphatic carbocycles. The van der Waals surface area contributed by atoms with Crippen LogP contribution in [0.25, 0.3) is 0 Å². The summed E-state index contributed by atoms with van der Waals surface area (Å²) >= 11 is 0. The van der Waals surface area contributed by atoms with Crippen LogP contribution in [0.5, 0.6) is 5.75 Å². The summed E-state index contributed by atoms with van der Waals surface area (Å²) in [6.07, 6.45) is -0.165. The van der Waals surface area contributed by atoms with Gasteiger partial charge in [0.2, 0.25) is 0 Å². The molecule has 3 nitrogen and oxygen atoms in total. The van der Waals surface area contributed by atoms with Gasteiger partial charge in [0, 0.05) is 6.04 Å².